The van der Waals surface area contributed by atoms with Crippen molar-refractivity contribution in [1.82, 2.24) is 0 Å². The van der Waals surface area contributed by atoms with E-state index in [4.69, 9.17) is 4.74 Å². The summed E-state index contributed by atoms with van der Waals surface area (Å²) in [6, 6.07) is 0. The number of esters is 1. The molecule has 0 amide bonds. The van der Waals surface area contributed by atoms with Crippen molar-refractivity contribution in [2.45, 2.75) is 58.4 Å². The van der Waals surface area contributed by atoms with E-state index in [0.717, 1.165) is 25.7 Å². The largest absolute Gasteiger partial charge is 0.462 e. The van der Waals surface area contributed by atoms with Crippen molar-refractivity contribution in [3.05, 3.63) is 0 Å². The van der Waals surface area contributed by atoms with Crippen LogP contribution in [0.1, 0.15) is 46.0 Å². The molecule has 3 unspecified atom stereocenters. The lowest BCUT2D eigenvalue weighted by Gasteiger charge is -2.31. The molecular weight excluding hydrogens is 211 g/mol. The van der Waals surface area contributed by atoms with Gasteiger partial charge in [-0.3, -0.25) is 0 Å². The van der Waals surface area contributed by atoms with Crippen LogP contribution in [0, 0.1) is 5.92 Å². The first-order chi connectivity index (χ1) is 7.69. The normalized spacial score (nSPS) is 27.4. The number of rotatable bonds is 5. The number of halogens is 1. The molecule has 4 heteroatoms. The lowest BCUT2D eigenvalue weighted by Crippen LogP contribution is -2.34. The van der Waals surface area contributed by atoms with Crippen LogP contribution in [0.5, 0.6) is 0 Å². The van der Waals surface area contributed by atoms with Crippen LogP contribution in [-0.2, 0) is 14.3 Å². The maximum atomic E-state index is 13.4. The van der Waals surface area contributed by atoms with Crippen molar-refractivity contribution in [2.75, 3.05) is 6.61 Å². The van der Waals surface area contributed by atoms with Crippen molar-refractivity contribution in [1.29, 1.82) is 0 Å². The van der Waals surface area contributed by atoms with E-state index in [0.29, 0.717) is 5.92 Å². The van der Waals surface area contributed by atoms with E-state index in [9.17, 15) is 9.18 Å². The Labute approximate surface area is 96.3 Å². The first kappa shape index (κ1) is 13.4. The molecule has 1 saturated carbocycles. The molecular formula is C12H21FO3. The first-order valence-corrected chi connectivity index (χ1v) is 6.15. The monoisotopic (exact) mass is 232 g/mol. The number of hydrogen-bond acceptors (Lipinski definition) is 3. The zero-order valence-electron chi connectivity index (χ0n) is 10.1. The summed E-state index contributed by atoms with van der Waals surface area (Å²) in [6.45, 7) is 3.91. The number of alkyl halides is 1. The van der Waals surface area contributed by atoms with E-state index >= 15 is 0 Å². The molecule has 1 aliphatic carbocycles. The molecule has 1 aliphatic rings. The third-order valence-corrected chi connectivity index (χ3v) is 3.13. The maximum Gasteiger partial charge on any atom is 0.368 e. The van der Waals surface area contributed by atoms with Crippen molar-refractivity contribution >= 4 is 5.97 Å². The SMILES string of the molecule is CCOC(=O)C(F)OC1CCCCC1CC. The van der Waals surface area contributed by atoms with Crippen LogP contribution in [0.2, 0.25) is 0 Å². The summed E-state index contributed by atoms with van der Waals surface area (Å²) in [6.07, 6.45) is 3.07. The van der Waals surface area contributed by atoms with Crippen LogP contribution in [0.4, 0.5) is 4.39 Å². The maximum absolute atomic E-state index is 13.4. The van der Waals surface area contributed by atoms with Gasteiger partial charge in [-0.1, -0.05) is 26.2 Å². The van der Waals surface area contributed by atoms with E-state index in [1.165, 1.54) is 6.42 Å². The van der Waals surface area contributed by atoms with E-state index in [-0.39, 0.29) is 12.7 Å². The standard InChI is InChI=1S/C12H21FO3/c1-3-9-7-5-6-8-10(9)16-11(13)12(14)15-4-2/h9-11H,3-8H2,1-2H3. The summed E-state index contributed by atoms with van der Waals surface area (Å²) in [5.41, 5.74) is 0. The molecule has 0 bridgehead atoms. The van der Waals surface area contributed by atoms with Crippen LogP contribution < -0.4 is 0 Å². The molecule has 94 valence electrons. The lowest BCUT2D eigenvalue weighted by atomic mass is 9.85. The quantitative estimate of drug-likeness (QED) is 0.684. The second-order valence-electron chi connectivity index (χ2n) is 4.20. The number of carbonyl (C=O) groups excluding carboxylic acids is 1. The highest BCUT2D eigenvalue weighted by atomic mass is 19.1. The molecule has 0 heterocycles. The molecule has 0 N–H and O–H groups in total. The van der Waals surface area contributed by atoms with Gasteiger partial charge in [0.25, 0.3) is 6.36 Å². The average molecular weight is 232 g/mol. The molecule has 0 aromatic carbocycles. The topological polar surface area (TPSA) is 35.5 Å². The predicted molar refractivity (Wildman–Crippen MR) is 58.7 cm³/mol. The zero-order chi connectivity index (χ0) is 12.0. The molecule has 0 aromatic rings. The number of ether oxygens (including phenoxy) is 2. The fraction of sp³-hybridized carbons (Fsp3) is 0.917. The number of carbonyl (C=O) groups is 1. The molecule has 0 spiro atoms. The molecule has 3 nitrogen and oxygen atoms in total. The minimum absolute atomic E-state index is 0.127. The van der Waals surface area contributed by atoms with E-state index in [2.05, 4.69) is 11.7 Å². The summed E-state index contributed by atoms with van der Waals surface area (Å²) in [5, 5.41) is 0. The van der Waals surface area contributed by atoms with Gasteiger partial charge >= 0.3 is 5.97 Å². The summed E-state index contributed by atoms with van der Waals surface area (Å²) in [4.78, 5) is 11.1. The van der Waals surface area contributed by atoms with Crippen LogP contribution in [0.3, 0.4) is 0 Å². The van der Waals surface area contributed by atoms with Gasteiger partial charge in [0.15, 0.2) is 0 Å². The molecule has 0 saturated heterocycles. The Balaban J connectivity index is 2.41. The smallest absolute Gasteiger partial charge is 0.368 e. The third kappa shape index (κ3) is 3.74. The van der Waals surface area contributed by atoms with E-state index < -0.39 is 12.3 Å². The summed E-state index contributed by atoms with van der Waals surface area (Å²) in [7, 11) is 0. The van der Waals surface area contributed by atoms with Crippen LogP contribution in [-0.4, -0.2) is 25.0 Å². The third-order valence-electron chi connectivity index (χ3n) is 3.13. The zero-order valence-corrected chi connectivity index (χ0v) is 10.1. The fourth-order valence-corrected chi connectivity index (χ4v) is 2.24. The molecule has 3 atom stereocenters. The van der Waals surface area contributed by atoms with Crippen molar-refractivity contribution in [3.8, 4) is 0 Å². The summed E-state index contributed by atoms with van der Waals surface area (Å²) >= 11 is 0. The second-order valence-corrected chi connectivity index (χ2v) is 4.20. The molecule has 16 heavy (non-hydrogen) atoms. The summed E-state index contributed by atoms with van der Waals surface area (Å²) in [5.74, 6) is -0.524. The van der Waals surface area contributed by atoms with Gasteiger partial charge in [0, 0.05) is 0 Å². The highest BCUT2D eigenvalue weighted by Gasteiger charge is 2.30. The average Bonchev–Trinajstić information content (AvgIpc) is 2.30. The van der Waals surface area contributed by atoms with Crippen molar-refractivity contribution in [2.24, 2.45) is 5.92 Å². The van der Waals surface area contributed by atoms with Crippen LogP contribution >= 0.6 is 0 Å². The van der Waals surface area contributed by atoms with Gasteiger partial charge in [0.05, 0.1) is 12.7 Å². The van der Waals surface area contributed by atoms with E-state index in [1.807, 2.05) is 0 Å². The Morgan fingerprint density at radius 3 is 2.69 bits per heavy atom. The Morgan fingerprint density at radius 1 is 1.38 bits per heavy atom. The van der Waals surface area contributed by atoms with Gasteiger partial charge in [0.1, 0.15) is 0 Å². The van der Waals surface area contributed by atoms with Gasteiger partial charge in [0.2, 0.25) is 0 Å². The second kappa shape index (κ2) is 6.84. The number of hydrogen-bond donors (Lipinski definition) is 0. The molecule has 1 rings (SSSR count). The predicted octanol–water partition coefficient (Wildman–Crippen LogP) is 2.83. The first-order valence-electron chi connectivity index (χ1n) is 6.15. The summed E-state index contributed by atoms with van der Waals surface area (Å²) < 4.78 is 23.1. The van der Waals surface area contributed by atoms with Gasteiger partial charge in [-0.15, -0.1) is 0 Å². The van der Waals surface area contributed by atoms with Gasteiger partial charge in [-0.25, -0.2) is 9.18 Å². The Morgan fingerprint density at radius 2 is 2.06 bits per heavy atom. The van der Waals surface area contributed by atoms with Gasteiger partial charge in [-0.05, 0) is 25.7 Å². The van der Waals surface area contributed by atoms with Crippen molar-refractivity contribution in [3.63, 3.8) is 0 Å². The van der Waals surface area contributed by atoms with E-state index in [1.54, 1.807) is 6.92 Å². The highest BCUT2D eigenvalue weighted by molar-refractivity contribution is 5.72. The van der Waals surface area contributed by atoms with Gasteiger partial charge < -0.3 is 9.47 Å². The van der Waals surface area contributed by atoms with Crippen LogP contribution in [0.25, 0.3) is 0 Å². The molecule has 0 aliphatic heterocycles. The molecule has 1 fully saturated rings. The lowest BCUT2D eigenvalue weighted by molar-refractivity contribution is -0.182. The Hall–Kier alpha value is -0.640. The fourth-order valence-electron chi connectivity index (χ4n) is 2.24. The Bertz CT molecular complexity index is 220. The minimum Gasteiger partial charge on any atom is -0.462 e. The van der Waals surface area contributed by atoms with Crippen molar-refractivity contribution < 1.29 is 18.7 Å². The molecule has 0 aromatic heterocycles. The van der Waals surface area contributed by atoms with Gasteiger partial charge in [-0.2, -0.15) is 0 Å². The highest BCUT2D eigenvalue weighted by Crippen LogP contribution is 2.30. The minimum atomic E-state index is -1.92. The Kier molecular flexibility index (Phi) is 5.74. The van der Waals surface area contributed by atoms with Crippen LogP contribution in [0.15, 0.2) is 0 Å². The molecule has 0 radical (unpaired) electrons.